The van der Waals surface area contributed by atoms with Crippen molar-refractivity contribution >= 4 is 21.8 Å². The third kappa shape index (κ3) is 7.06. The Hall–Kier alpha value is -5.93. The molecule has 303 valence electrons. The minimum absolute atomic E-state index is 0. The van der Waals surface area contributed by atoms with Crippen LogP contribution in [-0.2, 0) is 36.4 Å². The monoisotopic (exact) mass is 968 g/mol. The molecule has 2 aliphatic rings. The fourth-order valence-electron chi connectivity index (χ4n) is 9.71. The number of aromatic nitrogens is 3. The maximum absolute atomic E-state index is 4.73. The quantitative estimate of drug-likeness (QED) is 0.165. The average Bonchev–Trinajstić information content (AvgIpc) is 3.73. The van der Waals surface area contributed by atoms with Gasteiger partial charge in [-0.15, -0.1) is 64.7 Å². The SMILES string of the molecule is CC1(C)CCC(C)(C)c2cc(-c3ccc(-c4ccccc4)cn3)[c-]cc21.CC1(C)c2ccccc2-c2cc3c4ccccc4n(-c4cc[c-]c(-c5ccccn5)c4)c3cc21.[Ir]. The first kappa shape index (κ1) is 40.5. The number of pyridine rings is 2. The van der Waals surface area contributed by atoms with Gasteiger partial charge in [0.2, 0.25) is 0 Å². The molecular weight excluding hydrogens is 919 g/mol. The Balaban J connectivity index is 0.000000159. The number of rotatable bonds is 4. The molecule has 61 heavy (non-hydrogen) atoms. The number of nitrogens with zero attached hydrogens (tertiary/aromatic N) is 3. The molecule has 0 fully saturated rings. The van der Waals surface area contributed by atoms with Gasteiger partial charge in [-0.25, -0.2) is 0 Å². The summed E-state index contributed by atoms with van der Waals surface area (Å²) in [5.41, 5.74) is 18.7. The average molecular weight is 968 g/mol. The van der Waals surface area contributed by atoms with E-state index in [1.165, 1.54) is 73.6 Å². The minimum atomic E-state index is -0.0367. The Bertz CT molecular complexity index is 3050. The Morgan fingerprint density at radius 1 is 0.508 bits per heavy atom. The number of hydrogen-bond donors (Lipinski definition) is 0. The van der Waals surface area contributed by atoms with Gasteiger partial charge < -0.3 is 14.5 Å². The molecule has 11 rings (SSSR count). The van der Waals surface area contributed by atoms with Crippen molar-refractivity contribution < 1.29 is 20.1 Å². The van der Waals surface area contributed by atoms with E-state index >= 15 is 0 Å². The number of benzene rings is 6. The van der Waals surface area contributed by atoms with Gasteiger partial charge in [0.1, 0.15) is 0 Å². The van der Waals surface area contributed by atoms with Crippen LogP contribution in [0.15, 0.2) is 164 Å². The van der Waals surface area contributed by atoms with E-state index in [0.29, 0.717) is 0 Å². The van der Waals surface area contributed by atoms with E-state index < -0.39 is 0 Å². The van der Waals surface area contributed by atoms with Crippen LogP contribution in [0.1, 0.15) is 76.6 Å². The van der Waals surface area contributed by atoms with Crippen LogP contribution in [0.5, 0.6) is 0 Å². The van der Waals surface area contributed by atoms with Crippen molar-refractivity contribution in [3.63, 3.8) is 0 Å². The summed E-state index contributed by atoms with van der Waals surface area (Å²) < 4.78 is 2.39. The zero-order valence-corrected chi connectivity index (χ0v) is 38.1. The molecule has 0 N–H and O–H groups in total. The summed E-state index contributed by atoms with van der Waals surface area (Å²) in [5.74, 6) is 0. The smallest absolute Gasteiger partial charge is 0.0527 e. The van der Waals surface area contributed by atoms with Crippen molar-refractivity contribution in [3.8, 4) is 50.5 Å². The van der Waals surface area contributed by atoms with Crippen molar-refractivity contribution in [1.29, 1.82) is 0 Å². The number of hydrogen-bond acceptors (Lipinski definition) is 2. The van der Waals surface area contributed by atoms with Crippen molar-refractivity contribution in [2.45, 2.75) is 70.6 Å². The molecule has 0 spiro atoms. The maximum Gasteiger partial charge on any atom is 0.0527 e. The second-order valence-electron chi connectivity index (χ2n) is 18.4. The topological polar surface area (TPSA) is 30.7 Å². The van der Waals surface area contributed by atoms with Crippen molar-refractivity contribution in [2.24, 2.45) is 0 Å². The van der Waals surface area contributed by atoms with Crippen LogP contribution in [0.2, 0.25) is 0 Å². The summed E-state index contributed by atoms with van der Waals surface area (Å²) in [7, 11) is 0. The van der Waals surface area contributed by atoms with Gasteiger partial charge in [0.25, 0.3) is 0 Å². The molecule has 6 aromatic carbocycles. The number of para-hydroxylation sites is 1. The summed E-state index contributed by atoms with van der Waals surface area (Å²) in [6, 6.07) is 60.8. The maximum atomic E-state index is 4.73. The molecule has 0 aliphatic heterocycles. The van der Waals surface area contributed by atoms with E-state index in [9.17, 15) is 0 Å². The van der Waals surface area contributed by atoms with Gasteiger partial charge in [-0.05, 0) is 92.0 Å². The fraction of sp³-hybridized carbons (Fsp3) is 0.193. The van der Waals surface area contributed by atoms with Gasteiger partial charge in [0.05, 0.1) is 11.0 Å². The molecule has 9 aromatic rings. The normalized spacial score (nSPS) is 15.2. The summed E-state index contributed by atoms with van der Waals surface area (Å²) in [4.78, 5) is 9.27. The number of fused-ring (bicyclic) bond motifs is 7. The molecule has 3 aromatic heterocycles. The van der Waals surface area contributed by atoms with Gasteiger partial charge in [0.15, 0.2) is 0 Å². The van der Waals surface area contributed by atoms with Gasteiger partial charge in [-0.2, -0.15) is 0 Å². The van der Waals surface area contributed by atoms with Crippen molar-refractivity contribution in [1.82, 2.24) is 14.5 Å². The summed E-state index contributed by atoms with van der Waals surface area (Å²) in [6.45, 7) is 14.1. The van der Waals surface area contributed by atoms with E-state index in [4.69, 9.17) is 4.98 Å². The van der Waals surface area contributed by atoms with Crippen LogP contribution in [0, 0.1) is 12.1 Å². The van der Waals surface area contributed by atoms with Crippen LogP contribution < -0.4 is 0 Å². The predicted molar refractivity (Wildman–Crippen MR) is 250 cm³/mol. The third-order valence-corrected chi connectivity index (χ3v) is 13.3. The molecule has 4 heteroatoms. The summed E-state index contributed by atoms with van der Waals surface area (Å²) in [5, 5.41) is 2.56. The van der Waals surface area contributed by atoms with Gasteiger partial charge in [-0.3, -0.25) is 0 Å². The molecule has 0 saturated heterocycles. The van der Waals surface area contributed by atoms with Crippen LogP contribution >= 0.6 is 0 Å². The summed E-state index contributed by atoms with van der Waals surface area (Å²) >= 11 is 0. The molecule has 0 saturated carbocycles. The third-order valence-electron chi connectivity index (χ3n) is 13.3. The molecule has 3 nitrogen and oxygen atoms in total. The molecule has 0 atom stereocenters. The van der Waals surface area contributed by atoms with Crippen LogP contribution in [0.4, 0.5) is 0 Å². The van der Waals surface area contributed by atoms with Gasteiger partial charge in [-0.1, -0.05) is 145 Å². The Morgan fingerprint density at radius 3 is 1.98 bits per heavy atom. The van der Waals surface area contributed by atoms with E-state index in [2.05, 4.69) is 185 Å². The molecule has 3 heterocycles. The first-order chi connectivity index (χ1) is 29.0. The van der Waals surface area contributed by atoms with E-state index in [-0.39, 0.29) is 36.4 Å². The first-order valence-electron chi connectivity index (χ1n) is 21.2. The van der Waals surface area contributed by atoms with Crippen molar-refractivity contribution in [3.05, 3.63) is 198 Å². The van der Waals surface area contributed by atoms with Crippen LogP contribution in [-0.4, -0.2) is 14.5 Å². The predicted octanol–water partition coefficient (Wildman–Crippen LogP) is 14.5. The first-order valence-corrected chi connectivity index (χ1v) is 21.2. The molecule has 2 aliphatic carbocycles. The van der Waals surface area contributed by atoms with E-state index in [1.807, 2.05) is 42.7 Å². The standard InChI is InChI=1S/C32H23N2.C25H26N.Ir/c1-32(2)27-14-5-3-12-23(27)25-19-26-24-13-4-6-16-30(24)34(31(26)20-28(25)32)22-11-9-10-21(18-22)29-15-7-8-17-33-29;1-24(2)14-15-25(3,4)22-16-19(10-12-21(22)24)23-13-11-20(17-26-23)18-8-6-5-7-9-18;/h3-9,11-20H,1-2H3;5-9,11-13,16-17H,14-15H2,1-4H3;/q2*-1;. The second kappa shape index (κ2) is 15.5. The van der Waals surface area contributed by atoms with Gasteiger partial charge >= 0.3 is 0 Å². The minimum Gasteiger partial charge on any atom is -0.327 e. The molecule has 1 radical (unpaired) electrons. The Labute approximate surface area is 373 Å². The van der Waals surface area contributed by atoms with E-state index in [1.54, 1.807) is 0 Å². The fourth-order valence-corrected chi connectivity index (χ4v) is 9.71. The summed E-state index contributed by atoms with van der Waals surface area (Å²) in [6.07, 6.45) is 6.24. The van der Waals surface area contributed by atoms with Crippen LogP contribution in [0.25, 0.3) is 72.3 Å². The van der Waals surface area contributed by atoms with Crippen molar-refractivity contribution in [2.75, 3.05) is 0 Å². The largest absolute Gasteiger partial charge is 0.327 e. The van der Waals surface area contributed by atoms with E-state index in [0.717, 1.165) is 33.8 Å². The zero-order chi connectivity index (χ0) is 41.2. The van der Waals surface area contributed by atoms with Gasteiger partial charge in [0, 0.05) is 48.7 Å². The van der Waals surface area contributed by atoms with Crippen LogP contribution in [0.3, 0.4) is 0 Å². The molecule has 0 amide bonds. The Morgan fingerprint density at radius 2 is 1.21 bits per heavy atom. The molecular formula is C57H49IrN3-2. The Kier molecular flexibility index (Phi) is 10.3. The molecule has 0 unspecified atom stereocenters. The zero-order valence-electron chi connectivity index (χ0n) is 35.7. The molecule has 0 bridgehead atoms. The second-order valence-corrected chi connectivity index (χ2v) is 18.4.